The Hall–Kier alpha value is -3.03. The molecule has 0 saturated heterocycles. The summed E-state index contributed by atoms with van der Waals surface area (Å²) in [5, 5.41) is 12.1. The van der Waals surface area contributed by atoms with E-state index >= 15 is 0 Å². The van der Waals surface area contributed by atoms with Gasteiger partial charge in [0, 0.05) is 22.6 Å². The molecule has 0 bridgehead atoms. The number of fused-ring (bicyclic) bond motifs is 5. The molecule has 2 aliphatic rings. The van der Waals surface area contributed by atoms with Crippen LogP contribution in [0.5, 0.6) is 0 Å². The van der Waals surface area contributed by atoms with Crippen LogP contribution in [0, 0.1) is 0 Å². The zero-order chi connectivity index (χ0) is 22.6. The number of ether oxygens (including phenoxy) is 1. The number of unbranched alkanes of at least 4 members (excludes halogenated alkanes) is 1. The van der Waals surface area contributed by atoms with E-state index in [0.717, 1.165) is 41.3 Å². The van der Waals surface area contributed by atoms with Crippen LogP contribution in [-0.4, -0.2) is 20.6 Å². The zero-order valence-electron chi connectivity index (χ0n) is 18.4. The molecule has 7 heteroatoms. The summed E-state index contributed by atoms with van der Waals surface area (Å²) in [7, 11) is 0. The smallest absolute Gasteiger partial charge is 0.343 e. The van der Waals surface area contributed by atoms with Crippen molar-refractivity contribution in [3.05, 3.63) is 62.9 Å². The minimum Gasteiger partial charge on any atom is -0.458 e. The van der Waals surface area contributed by atoms with Crippen molar-refractivity contribution in [3.8, 4) is 11.4 Å². The van der Waals surface area contributed by atoms with E-state index in [1.807, 2.05) is 24.3 Å². The van der Waals surface area contributed by atoms with Gasteiger partial charge in [0.15, 0.2) is 5.60 Å². The van der Waals surface area contributed by atoms with Crippen molar-refractivity contribution in [3.63, 3.8) is 0 Å². The number of rotatable bonds is 5. The third-order valence-corrected chi connectivity index (χ3v) is 6.88. The molecule has 3 N–H and O–H groups in total. The predicted molar refractivity (Wildman–Crippen MR) is 121 cm³/mol. The predicted octanol–water partition coefficient (Wildman–Crippen LogP) is 3.27. The second-order valence-electron chi connectivity index (χ2n) is 8.72. The molecule has 0 radical (unpaired) electrons. The number of nitrogens with zero attached hydrogens (tertiary/aromatic N) is 2. The van der Waals surface area contributed by atoms with E-state index in [0.29, 0.717) is 29.1 Å². The highest BCUT2D eigenvalue weighted by atomic mass is 16.6. The Morgan fingerprint density at radius 1 is 1.25 bits per heavy atom. The fourth-order valence-electron chi connectivity index (χ4n) is 5.05. The van der Waals surface area contributed by atoms with Crippen molar-refractivity contribution in [1.82, 2.24) is 9.55 Å². The zero-order valence-corrected chi connectivity index (χ0v) is 18.4. The molecular formula is C25H27N3O4. The lowest BCUT2D eigenvalue weighted by molar-refractivity contribution is -0.172. The maximum Gasteiger partial charge on any atom is 0.343 e. The quantitative estimate of drug-likeness (QED) is 0.468. The van der Waals surface area contributed by atoms with Gasteiger partial charge in [-0.15, -0.1) is 0 Å². The number of nitrogens with two attached hydrogens (primary N) is 1. The molecule has 0 spiro atoms. The van der Waals surface area contributed by atoms with E-state index in [2.05, 4.69) is 6.92 Å². The van der Waals surface area contributed by atoms with Crippen LogP contribution in [-0.2, 0) is 28.3 Å². The first-order valence-corrected chi connectivity index (χ1v) is 11.2. The standard InChI is InChI=1S/C25H27N3O4/c1-3-5-9-18(26)21-14-8-6-7-10-19(14)27-22-15(21)12-28-20(22)11-17-16(23(28)29)13-32-24(30)25(17,31)4-2/h6-8,10-11,18,31H,3-5,9,12-13,26H2,1-2H3/t18?,25-/m0/s1. The van der Waals surface area contributed by atoms with Crippen molar-refractivity contribution in [2.45, 2.75) is 64.3 Å². The van der Waals surface area contributed by atoms with E-state index in [9.17, 15) is 14.7 Å². The summed E-state index contributed by atoms with van der Waals surface area (Å²) >= 11 is 0. The average molecular weight is 434 g/mol. The van der Waals surface area contributed by atoms with Crippen LogP contribution in [0.3, 0.4) is 0 Å². The Bertz CT molecular complexity index is 1310. The van der Waals surface area contributed by atoms with Gasteiger partial charge in [0.2, 0.25) is 0 Å². The molecule has 0 fully saturated rings. The number of carbonyl (C=O) groups excluding carboxylic acids is 1. The molecule has 5 rings (SSSR count). The van der Waals surface area contributed by atoms with Gasteiger partial charge in [0.25, 0.3) is 5.56 Å². The van der Waals surface area contributed by atoms with Crippen LogP contribution >= 0.6 is 0 Å². The van der Waals surface area contributed by atoms with Crippen LogP contribution in [0.4, 0.5) is 0 Å². The number of benzene rings is 1. The second kappa shape index (κ2) is 7.53. The molecule has 2 aromatic heterocycles. The summed E-state index contributed by atoms with van der Waals surface area (Å²) in [6.45, 7) is 4.07. The lowest BCUT2D eigenvalue weighted by Gasteiger charge is -2.31. The lowest BCUT2D eigenvalue weighted by atomic mass is 9.86. The molecule has 2 atom stereocenters. The molecule has 7 nitrogen and oxygen atoms in total. The third kappa shape index (κ3) is 2.84. The van der Waals surface area contributed by atoms with Gasteiger partial charge in [-0.2, -0.15) is 0 Å². The third-order valence-electron chi connectivity index (χ3n) is 6.88. The topological polar surface area (TPSA) is 107 Å². The number of para-hydroxylation sites is 1. The van der Waals surface area contributed by atoms with Crippen LogP contribution in [0.1, 0.15) is 67.8 Å². The van der Waals surface area contributed by atoms with Gasteiger partial charge in [-0.3, -0.25) is 4.79 Å². The molecule has 3 aromatic rings. The Balaban J connectivity index is 1.78. The fraction of sp³-hybridized carbons (Fsp3) is 0.400. The summed E-state index contributed by atoms with van der Waals surface area (Å²) in [5.41, 5.74) is 9.34. The Morgan fingerprint density at radius 2 is 2.03 bits per heavy atom. The van der Waals surface area contributed by atoms with E-state index in [4.69, 9.17) is 15.5 Å². The molecule has 1 unspecified atom stereocenters. The van der Waals surface area contributed by atoms with Gasteiger partial charge in [0.05, 0.1) is 29.0 Å². The Morgan fingerprint density at radius 3 is 2.78 bits per heavy atom. The minimum absolute atomic E-state index is 0.118. The number of pyridine rings is 2. The molecule has 0 aliphatic carbocycles. The minimum atomic E-state index is -1.83. The van der Waals surface area contributed by atoms with E-state index in [-0.39, 0.29) is 24.6 Å². The van der Waals surface area contributed by atoms with Gasteiger partial charge >= 0.3 is 5.97 Å². The van der Waals surface area contributed by atoms with Gasteiger partial charge < -0.3 is 20.1 Å². The number of hydrogen-bond acceptors (Lipinski definition) is 6. The molecule has 166 valence electrons. The molecule has 32 heavy (non-hydrogen) atoms. The van der Waals surface area contributed by atoms with Crippen LogP contribution in [0.25, 0.3) is 22.3 Å². The average Bonchev–Trinajstić information content (AvgIpc) is 3.17. The number of esters is 1. The van der Waals surface area contributed by atoms with Crippen molar-refractivity contribution >= 4 is 16.9 Å². The van der Waals surface area contributed by atoms with Gasteiger partial charge in [-0.05, 0) is 30.5 Å². The molecule has 1 aromatic carbocycles. The lowest BCUT2D eigenvalue weighted by Crippen LogP contribution is -2.44. The summed E-state index contributed by atoms with van der Waals surface area (Å²) in [4.78, 5) is 30.7. The SMILES string of the molecule is CCCCC(N)c1c2c(nc3ccccc13)-c1cc3c(c(=O)n1C2)COC(=O)[C@]3(O)CC. The number of aliphatic hydroxyl groups is 1. The van der Waals surface area contributed by atoms with Gasteiger partial charge in [0.1, 0.15) is 6.61 Å². The summed E-state index contributed by atoms with van der Waals surface area (Å²) in [6, 6.07) is 9.46. The summed E-state index contributed by atoms with van der Waals surface area (Å²) in [6.07, 6.45) is 3.02. The summed E-state index contributed by atoms with van der Waals surface area (Å²) in [5.74, 6) is -0.719. The van der Waals surface area contributed by atoms with Crippen LogP contribution < -0.4 is 11.3 Å². The van der Waals surface area contributed by atoms with Gasteiger partial charge in [-0.25, -0.2) is 9.78 Å². The number of aromatic nitrogens is 2. The van der Waals surface area contributed by atoms with Crippen molar-refractivity contribution in [2.75, 3.05) is 0 Å². The fourth-order valence-corrected chi connectivity index (χ4v) is 5.05. The Kier molecular flexibility index (Phi) is 4.91. The Labute approximate surface area is 185 Å². The first-order chi connectivity index (χ1) is 15.4. The normalized spacial score (nSPS) is 19.9. The number of cyclic esters (lactones) is 1. The highest BCUT2D eigenvalue weighted by Crippen LogP contribution is 2.41. The first-order valence-electron chi connectivity index (χ1n) is 11.2. The highest BCUT2D eigenvalue weighted by molar-refractivity contribution is 5.89. The molecule has 0 saturated carbocycles. The van der Waals surface area contributed by atoms with E-state index < -0.39 is 11.6 Å². The van der Waals surface area contributed by atoms with E-state index in [1.54, 1.807) is 17.6 Å². The number of hydrogen-bond donors (Lipinski definition) is 2. The van der Waals surface area contributed by atoms with Crippen molar-refractivity contribution in [1.29, 1.82) is 0 Å². The maximum absolute atomic E-state index is 13.4. The molecule has 0 amide bonds. The summed E-state index contributed by atoms with van der Waals surface area (Å²) < 4.78 is 6.83. The maximum atomic E-state index is 13.4. The first kappa shape index (κ1) is 20.8. The van der Waals surface area contributed by atoms with Crippen molar-refractivity contribution in [2.24, 2.45) is 5.73 Å². The molecule has 4 heterocycles. The van der Waals surface area contributed by atoms with Crippen molar-refractivity contribution < 1.29 is 14.6 Å². The number of carbonyl (C=O) groups is 1. The molecular weight excluding hydrogens is 406 g/mol. The second-order valence-corrected chi connectivity index (χ2v) is 8.72. The van der Waals surface area contributed by atoms with Crippen LogP contribution in [0.15, 0.2) is 35.1 Å². The monoisotopic (exact) mass is 433 g/mol. The van der Waals surface area contributed by atoms with E-state index in [1.165, 1.54) is 0 Å². The van der Waals surface area contributed by atoms with Crippen LogP contribution in [0.2, 0.25) is 0 Å². The highest BCUT2D eigenvalue weighted by Gasteiger charge is 2.45. The largest absolute Gasteiger partial charge is 0.458 e. The molecule has 2 aliphatic heterocycles. The van der Waals surface area contributed by atoms with Gasteiger partial charge in [-0.1, -0.05) is 44.9 Å².